The van der Waals surface area contributed by atoms with Crippen molar-refractivity contribution >= 4 is 12.2 Å². The predicted octanol–water partition coefficient (Wildman–Crippen LogP) is 1.66. The molecule has 1 aromatic rings. The zero-order valence-electron chi connectivity index (χ0n) is 7.13. The van der Waals surface area contributed by atoms with Crippen LogP contribution >= 0.6 is 0 Å². The molecule has 0 atom stereocenters. The van der Waals surface area contributed by atoms with Crippen molar-refractivity contribution in [2.45, 2.75) is 13.6 Å². The second-order valence-electron chi connectivity index (χ2n) is 3.01. The molecule has 1 aromatic carbocycles. The molecule has 0 N–H and O–H groups in total. The minimum atomic E-state index is -0.427. The standard InChI is InChI=1S/C9H9BFN/c1-10(2)8-4-3-7(6-12)9(11)5-8/h3-5H,1-2H3. The van der Waals surface area contributed by atoms with E-state index in [2.05, 4.69) is 0 Å². The molecule has 12 heavy (non-hydrogen) atoms. The molecule has 0 saturated heterocycles. The quantitative estimate of drug-likeness (QED) is 0.574. The average molecular weight is 161 g/mol. The van der Waals surface area contributed by atoms with Crippen molar-refractivity contribution in [1.29, 1.82) is 5.26 Å². The van der Waals surface area contributed by atoms with Crippen LogP contribution in [-0.4, -0.2) is 6.71 Å². The molecule has 0 heterocycles. The van der Waals surface area contributed by atoms with Gasteiger partial charge in [-0.25, -0.2) is 4.39 Å². The van der Waals surface area contributed by atoms with Gasteiger partial charge in [-0.15, -0.1) is 0 Å². The van der Waals surface area contributed by atoms with Gasteiger partial charge in [-0.1, -0.05) is 25.2 Å². The molecule has 3 heteroatoms. The van der Waals surface area contributed by atoms with Gasteiger partial charge in [-0.3, -0.25) is 0 Å². The Morgan fingerprint density at radius 2 is 2.08 bits per heavy atom. The van der Waals surface area contributed by atoms with E-state index < -0.39 is 5.82 Å². The smallest absolute Gasteiger partial charge is 0.169 e. The van der Waals surface area contributed by atoms with Gasteiger partial charge >= 0.3 is 0 Å². The van der Waals surface area contributed by atoms with Gasteiger partial charge < -0.3 is 0 Å². The Morgan fingerprint density at radius 1 is 1.42 bits per heavy atom. The van der Waals surface area contributed by atoms with E-state index in [1.54, 1.807) is 12.1 Å². The molecule has 60 valence electrons. The highest BCUT2D eigenvalue weighted by molar-refractivity contribution is 6.70. The summed E-state index contributed by atoms with van der Waals surface area (Å²) in [6.45, 7) is 4.27. The van der Waals surface area contributed by atoms with Crippen LogP contribution in [0.1, 0.15) is 5.56 Å². The fourth-order valence-corrected chi connectivity index (χ4v) is 0.981. The van der Waals surface area contributed by atoms with Crippen LogP contribution < -0.4 is 5.46 Å². The van der Waals surface area contributed by atoms with E-state index >= 15 is 0 Å². The van der Waals surface area contributed by atoms with Crippen molar-refractivity contribution in [1.82, 2.24) is 0 Å². The third-order valence-electron chi connectivity index (χ3n) is 1.78. The van der Waals surface area contributed by atoms with E-state index in [0.29, 0.717) is 6.71 Å². The van der Waals surface area contributed by atoms with Gasteiger partial charge in [0.15, 0.2) is 6.71 Å². The number of halogens is 1. The zero-order valence-corrected chi connectivity index (χ0v) is 7.13. The van der Waals surface area contributed by atoms with Crippen LogP contribution in [-0.2, 0) is 0 Å². The summed E-state index contributed by atoms with van der Waals surface area (Å²) in [5, 5.41) is 8.46. The van der Waals surface area contributed by atoms with E-state index in [1.165, 1.54) is 12.1 Å². The van der Waals surface area contributed by atoms with Gasteiger partial charge in [0.1, 0.15) is 11.9 Å². The number of nitriles is 1. The molecule has 0 aliphatic rings. The lowest BCUT2D eigenvalue weighted by Crippen LogP contribution is -2.22. The van der Waals surface area contributed by atoms with E-state index in [1.807, 2.05) is 13.6 Å². The number of rotatable bonds is 1. The summed E-state index contributed by atoms with van der Waals surface area (Å²) in [6.07, 6.45) is 0. The third kappa shape index (κ3) is 1.65. The largest absolute Gasteiger partial charge is 0.206 e. The molecular formula is C9H9BFN. The molecule has 0 amide bonds. The fourth-order valence-electron chi connectivity index (χ4n) is 0.981. The summed E-state index contributed by atoms with van der Waals surface area (Å²) in [5.74, 6) is -0.427. The Kier molecular flexibility index (Phi) is 2.49. The Bertz CT molecular complexity index is 328. The maximum atomic E-state index is 13.0. The molecule has 0 bridgehead atoms. The average Bonchev–Trinajstić information content (AvgIpc) is 2.04. The Morgan fingerprint density at radius 3 is 2.50 bits per heavy atom. The van der Waals surface area contributed by atoms with Crippen molar-refractivity contribution < 1.29 is 4.39 Å². The van der Waals surface area contributed by atoms with Gasteiger partial charge in [-0.05, 0) is 12.1 Å². The first-order valence-electron chi connectivity index (χ1n) is 3.84. The highest BCUT2D eigenvalue weighted by atomic mass is 19.1. The minimum absolute atomic E-state index is 0.111. The first kappa shape index (κ1) is 8.80. The van der Waals surface area contributed by atoms with Crippen LogP contribution in [0.4, 0.5) is 4.39 Å². The second kappa shape index (κ2) is 3.40. The van der Waals surface area contributed by atoms with Crippen molar-refractivity contribution in [3.05, 3.63) is 29.6 Å². The van der Waals surface area contributed by atoms with Gasteiger partial charge in [0.2, 0.25) is 0 Å². The summed E-state index contributed by atoms with van der Waals surface area (Å²) < 4.78 is 13.0. The van der Waals surface area contributed by atoms with Gasteiger partial charge in [0, 0.05) is 0 Å². The number of hydrogen-bond donors (Lipinski definition) is 0. The lowest BCUT2D eigenvalue weighted by molar-refractivity contribution is 0.625. The van der Waals surface area contributed by atoms with Crippen LogP contribution in [0.3, 0.4) is 0 Å². The first-order chi connectivity index (χ1) is 5.65. The highest BCUT2D eigenvalue weighted by Crippen LogP contribution is 2.03. The monoisotopic (exact) mass is 161 g/mol. The molecule has 0 radical (unpaired) electrons. The lowest BCUT2D eigenvalue weighted by atomic mass is 9.49. The second-order valence-corrected chi connectivity index (χ2v) is 3.01. The van der Waals surface area contributed by atoms with Gasteiger partial charge in [0.25, 0.3) is 0 Å². The predicted molar refractivity (Wildman–Crippen MR) is 48.2 cm³/mol. The normalized spacial score (nSPS) is 9.17. The molecule has 0 aromatic heterocycles. The Labute approximate surface area is 71.9 Å². The highest BCUT2D eigenvalue weighted by Gasteiger charge is 2.06. The number of nitrogens with zero attached hydrogens (tertiary/aromatic N) is 1. The van der Waals surface area contributed by atoms with Crippen molar-refractivity contribution in [3.8, 4) is 6.07 Å². The van der Waals surface area contributed by atoms with Crippen LogP contribution in [0.25, 0.3) is 0 Å². The van der Waals surface area contributed by atoms with Gasteiger partial charge in [-0.2, -0.15) is 5.26 Å². The third-order valence-corrected chi connectivity index (χ3v) is 1.78. The summed E-state index contributed by atoms with van der Waals surface area (Å²) in [6, 6.07) is 6.51. The molecular weight excluding hydrogens is 152 g/mol. The topological polar surface area (TPSA) is 23.8 Å². The van der Waals surface area contributed by atoms with Crippen LogP contribution in [0.5, 0.6) is 0 Å². The molecule has 1 nitrogen and oxygen atoms in total. The Balaban J connectivity index is 3.12. The summed E-state index contributed by atoms with van der Waals surface area (Å²) >= 11 is 0. The maximum Gasteiger partial charge on any atom is 0.169 e. The summed E-state index contributed by atoms with van der Waals surface area (Å²) in [5.41, 5.74) is 1.03. The van der Waals surface area contributed by atoms with Crippen molar-refractivity contribution in [3.63, 3.8) is 0 Å². The molecule has 0 saturated carbocycles. The number of benzene rings is 1. The Hall–Kier alpha value is -1.30. The van der Waals surface area contributed by atoms with E-state index in [9.17, 15) is 4.39 Å². The minimum Gasteiger partial charge on any atom is -0.206 e. The van der Waals surface area contributed by atoms with E-state index in [-0.39, 0.29) is 5.56 Å². The lowest BCUT2D eigenvalue weighted by Gasteiger charge is -2.01. The van der Waals surface area contributed by atoms with Crippen LogP contribution in [0.2, 0.25) is 13.6 Å². The zero-order chi connectivity index (χ0) is 9.14. The van der Waals surface area contributed by atoms with Crippen LogP contribution in [0.15, 0.2) is 18.2 Å². The van der Waals surface area contributed by atoms with E-state index in [4.69, 9.17) is 5.26 Å². The molecule has 0 aliphatic carbocycles. The molecule has 1 rings (SSSR count). The fraction of sp³-hybridized carbons (Fsp3) is 0.222. The number of hydrogen-bond acceptors (Lipinski definition) is 1. The molecule has 0 aliphatic heterocycles. The summed E-state index contributed by atoms with van der Waals surface area (Å²) in [7, 11) is 0. The molecule has 0 unspecified atom stereocenters. The van der Waals surface area contributed by atoms with Crippen LogP contribution in [0, 0.1) is 17.1 Å². The van der Waals surface area contributed by atoms with Crippen molar-refractivity contribution in [2.24, 2.45) is 0 Å². The van der Waals surface area contributed by atoms with E-state index in [0.717, 1.165) is 5.46 Å². The molecule has 0 spiro atoms. The maximum absolute atomic E-state index is 13.0. The first-order valence-corrected chi connectivity index (χ1v) is 3.84. The molecule has 0 fully saturated rings. The SMILES string of the molecule is CB(C)c1ccc(C#N)c(F)c1. The van der Waals surface area contributed by atoms with Gasteiger partial charge in [0.05, 0.1) is 5.56 Å². The summed E-state index contributed by atoms with van der Waals surface area (Å²) in [4.78, 5) is 0. The van der Waals surface area contributed by atoms with Crippen molar-refractivity contribution in [2.75, 3.05) is 0 Å².